The van der Waals surface area contributed by atoms with E-state index < -0.39 is 41.3 Å². The molecule has 0 radical (unpaired) electrons. The molecule has 1 unspecified atom stereocenters. The van der Waals surface area contributed by atoms with Gasteiger partial charge in [0.2, 0.25) is 0 Å². The van der Waals surface area contributed by atoms with Crippen LogP contribution in [-0.2, 0) is 17.9 Å². The highest BCUT2D eigenvalue weighted by molar-refractivity contribution is 6.02. The van der Waals surface area contributed by atoms with Crippen molar-refractivity contribution >= 4 is 17.7 Å². The van der Waals surface area contributed by atoms with Crippen LogP contribution in [0.25, 0.3) is 0 Å². The third kappa shape index (κ3) is 5.23. The van der Waals surface area contributed by atoms with E-state index in [4.69, 9.17) is 5.73 Å². The summed E-state index contributed by atoms with van der Waals surface area (Å²) in [5.41, 5.74) is 7.26. The Morgan fingerprint density at radius 1 is 0.806 bits per heavy atom. The van der Waals surface area contributed by atoms with Crippen molar-refractivity contribution in [3.05, 3.63) is 106 Å². The van der Waals surface area contributed by atoms with Gasteiger partial charge in [0.15, 0.2) is 17.8 Å². The van der Waals surface area contributed by atoms with Crippen LogP contribution in [0.1, 0.15) is 31.8 Å². The van der Waals surface area contributed by atoms with Crippen molar-refractivity contribution in [3.63, 3.8) is 0 Å². The molecule has 0 bridgehead atoms. The van der Waals surface area contributed by atoms with Crippen LogP contribution >= 0.6 is 0 Å². The Kier molecular flexibility index (Phi) is 7.35. The molecule has 1 aliphatic heterocycles. The quantitative estimate of drug-likeness (QED) is 0.549. The molecule has 1 atom stereocenters. The summed E-state index contributed by atoms with van der Waals surface area (Å²) in [6, 6.07) is 14.7. The molecule has 1 aliphatic rings. The first kappa shape index (κ1) is 24.9. The number of nitrogens with zero attached hydrogens (tertiary/aromatic N) is 2. The third-order valence-corrected chi connectivity index (χ3v) is 5.88. The molecule has 10 heteroatoms. The first-order valence-corrected chi connectivity index (χ1v) is 11.2. The smallest absolute Gasteiger partial charge is 0.264 e. The molecule has 0 aliphatic carbocycles. The highest BCUT2D eigenvalue weighted by Gasteiger charge is 2.43. The Balaban J connectivity index is 1.61. The van der Waals surface area contributed by atoms with Crippen molar-refractivity contribution < 1.29 is 27.6 Å². The predicted molar refractivity (Wildman–Crippen MR) is 125 cm³/mol. The van der Waals surface area contributed by atoms with Crippen molar-refractivity contribution in [3.8, 4) is 0 Å². The van der Waals surface area contributed by atoms with Crippen molar-refractivity contribution in [2.45, 2.75) is 19.3 Å². The molecule has 0 saturated carbocycles. The standard InChI is InChI=1S/C26H23F3N4O3/c27-20-7-4-18(5-8-20)25(35)32-10-11-33(26(36)19-6-9-21(28)22(29)13-19)24(32)23(34)31-15-17-3-1-2-16(12-17)14-30/h1-9,12-13,24H,10-11,14-15,30H2,(H,31,34). The summed E-state index contributed by atoms with van der Waals surface area (Å²) in [5.74, 6) is -4.82. The van der Waals surface area contributed by atoms with Gasteiger partial charge >= 0.3 is 0 Å². The largest absolute Gasteiger partial charge is 0.349 e. The topological polar surface area (TPSA) is 95.7 Å². The van der Waals surface area contributed by atoms with E-state index in [0.717, 1.165) is 46.4 Å². The molecule has 186 valence electrons. The molecule has 36 heavy (non-hydrogen) atoms. The normalized spacial score (nSPS) is 15.2. The summed E-state index contributed by atoms with van der Waals surface area (Å²) < 4.78 is 40.5. The maximum absolute atomic E-state index is 13.8. The summed E-state index contributed by atoms with van der Waals surface area (Å²) in [6.45, 7) is 0.410. The van der Waals surface area contributed by atoms with Gasteiger partial charge < -0.3 is 20.9 Å². The SMILES string of the molecule is NCc1cccc(CNC(=O)C2N(C(=O)c3ccc(F)cc3)CCN2C(=O)c2ccc(F)c(F)c2)c1. The molecule has 0 spiro atoms. The summed E-state index contributed by atoms with van der Waals surface area (Å²) >= 11 is 0. The summed E-state index contributed by atoms with van der Waals surface area (Å²) in [4.78, 5) is 42.0. The van der Waals surface area contributed by atoms with E-state index in [1.165, 1.54) is 17.0 Å². The Morgan fingerprint density at radius 2 is 1.42 bits per heavy atom. The monoisotopic (exact) mass is 496 g/mol. The number of halogens is 3. The van der Waals surface area contributed by atoms with Gasteiger partial charge in [0.1, 0.15) is 5.82 Å². The van der Waals surface area contributed by atoms with E-state index >= 15 is 0 Å². The fourth-order valence-electron chi connectivity index (χ4n) is 4.04. The van der Waals surface area contributed by atoms with Gasteiger partial charge in [0.25, 0.3) is 17.7 Å². The Morgan fingerprint density at radius 3 is 2.06 bits per heavy atom. The van der Waals surface area contributed by atoms with Crippen LogP contribution < -0.4 is 11.1 Å². The molecule has 1 saturated heterocycles. The average Bonchev–Trinajstić information content (AvgIpc) is 3.34. The molecule has 3 aromatic rings. The third-order valence-electron chi connectivity index (χ3n) is 5.88. The molecular weight excluding hydrogens is 473 g/mol. The number of benzene rings is 3. The molecule has 7 nitrogen and oxygen atoms in total. The zero-order valence-corrected chi connectivity index (χ0v) is 19.1. The zero-order chi connectivity index (χ0) is 25.8. The Hall–Kier alpha value is -4.18. The van der Waals surface area contributed by atoms with E-state index in [-0.39, 0.29) is 30.8 Å². The summed E-state index contributed by atoms with van der Waals surface area (Å²) in [5, 5.41) is 2.73. The zero-order valence-electron chi connectivity index (χ0n) is 19.1. The lowest BCUT2D eigenvalue weighted by Crippen LogP contribution is -2.53. The fraction of sp³-hybridized carbons (Fsp3) is 0.192. The number of hydrogen-bond donors (Lipinski definition) is 2. The van der Waals surface area contributed by atoms with Gasteiger partial charge in [0, 0.05) is 37.3 Å². The summed E-state index contributed by atoms with van der Waals surface area (Å²) in [6.07, 6.45) is -1.36. The number of carbonyl (C=O) groups is 3. The fourth-order valence-corrected chi connectivity index (χ4v) is 4.04. The van der Waals surface area contributed by atoms with E-state index in [9.17, 15) is 27.6 Å². The highest BCUT2D eigenvalue weighted by atomic mass is 19.2. The first-order chi connectivity index (χ1) is 17.3. The highest BCUT2D eigenvalue weighted by Crippen LogP contribution is 2.22. The maximum Gasteiger partial charge on any atom is 0.264 e. The first-order valence-electron chi connectivity index (χ1n) is 11.2. The van der Waals surface area contributed by atoms with Gasteiger partial charge in [-0.3, -0.25) is 14.4 Å². The molecule has 1 fully saturated rings. The average molecular weight is 496 g/mol. The minimum Gasteiger partial charge on any atom is -0.349 e. The lowest BCUT2D eigenvalue weighted by atomic mass is 10.1. The van der Waals surface area contributed by atoms with E-state index in [1.807, 2.05) is 12.1 Å². The van der Waals surface area contributed by atoms with Crippen LogP contribution in [0.2, 0.25) is 0 Å². The Labute approximate surface area is 205 Å². The van der Waals surface area contributed by atoms with Gasteiger partial charge in [-0.25, -0.2) is 13.2 Å². The lowest BCUT2D eigenvalue weighted by molar-refractivity contribution is -0.128. The minimum absolute atomic E-state index is 0.00632. The van der Waals surface area contributed by atoms with Crippen LogP contribution in [0.4, 0.5) is 13.2 Å². The van der Waals surface area contributed by atoms with E-state index in [1.54, 1.807) is 12.1 Å². The van der Waals surface area contributed by atoms with Crippen LogP contribution in [0, 0.1) is 17.5 Å². The van der Waals surface area contributed by atoms with Gasteiger partial charge in [0.05, 0.1) is 0 Å². The van der Waals surface area contributed by atoms with Gasteiger partial charge in [-0.1, -0.05) is 24.3 Å². The number of hydrogen-bond acceptors (Lipinski definition) is 4. The van der Waals surface area contributed by atoms with Gasteiger partial charge in [-0.2, -0.15) is 0 Å². The predicted octanol–water partition coefficient (Wildman–Crippen LogP) is 2.80. The van der Waals surface area contributed by atoms with Crippen molar-refractivity contribution in [2.24, 2.45) is 5.73 Å². The minimum atomic E-state index is -1.36. The van der Waals surface area contributed by atoms with Crippen LogP contribution in [0.5, 0.6) is 0 Å². The molecule has 3 amide bonds. The van der Waals surface area contributed by atoms with Gasteiger partial charge in [-0.05, 0) is 53.6 Å². The molecule has 0 aromatic heterocycles. The molecule has 3 aromatic carbocycles. The van der Waals surface area contributed by atoms with Gasteiger partial charge in [-0.15, -0.1) is 0 Å². The number of carbonyl (C=O) groups excluding carboxylic acids is 3. The van der Waals surface area contributed by atoms with Crippen LogP contribution in [-0.4, -0.2) is 46.8 Å². The second-order valence-corrected chi connectivity index (χ2v) is 8.25. The number of amides is 3. The van der Waals surface area contributed by atoms with Crippen LogP contribution in [0.15, 0.2) is 66.7 Å². The number of nitrogens with one attached hydrogen (secondary N) is 1. The Bertz CT molecular complexity index is 1300. The summed E-state index contributed by atoms with van der Waals surface area (Å²) in [7, 11) is 0. The molecule has 4 rings (SSSR count). The van der Waals surface area contributed by atoms with E-state index in [2.05, 4.69) is 5.32 Å². The molecule has 1 heterocycles. The van der Waals surface area contributed by atoms with Crippen molar-refractivity contribution in [2.75, 3.05) is 13.1 Å². The number of rotatable bonds is 6. The lowest BCUT2D eigenvalue weighted by Gasteiger charge is -2.29. The second-order valence-electron chi connectivity index (χ2n) is 8.25. The molecular formula is C26H23F3N4O3. The van der Waals surface area contributed by atoms with Crippen LogP contribution in [0.3, 0.4) is 0 Å². The van der Waals surface area contributed by atoms with E-state index in [0.29, 0.717) is 6.54 Å². The second kappa shape index (κ2) is 10.6. The number of nitrogens with two attached hydrogens (primary N) is 1. The maximum atomic E-state index is 13.8. The van der Waals surface area contributed by atoms with Crippen molar-refractivity contribution in [1.82, 2.24) is 15.1 Å². The molecule has 3 N–H and O–H groups in total. The van der Waals surface area contributed by atoms with Crippen molar-refractivity contribution in [1.29, 1.82) is 0 Å².